The van der Waals surface area contributed by atoms with Crippen molar-refractivity contribution in [3.63, 3.8) is 0 Å². The molecule has 3 nitrogen and oxygen atoms in total. The summed E-state index contributed by atoms with van der Waals surface area (Å²) < 4.78 is 52.0. The second kappa shape index (κ2) is 7.16. The molecular weight excluding hydrogens is 382 g/mol. The smallest absolute Gasteiger partial charge is 0.338 e. The molecule has 7 heteroatoms. The fourth-order valence-corrected chi connectivity index (χ4v) is 2.93. The molecule has 1 aliphatic rings. The maximum Gasteiger partial charge on any atom is 0.416 e. The lowest BCUT2D eigenvalue weighted by molar-refractivity contribution is -0.137. The number of fused-ring (bicyclic) bond motifs is 1. The predicted octanol–water partition coefficient (Wildman–Crippen LogP) is 6.10. The molecule has 146 valence electrons. The molecule has 0 saturated carbocycles. The highest BCUT2D eigenvalue weighted by atomic mass is 19.4. The zero-order chi connectivity index (χ0) is 20.6. The summed E-state index contributed by atoms with van der Waals surface area (Å²) in [5, 5.41) is 3.17. The summed E-state index contributed by atoms with van der Waals surface area (Å²) in [6.45, 7) is 1.92. The van der Waals surface area contributed by atoms with Crippen molar-refractivity contribution in [3.05, 3.63) is 94.8 Å². The zero-order valence-corrected chi connectivity index (χ0v) is 15.3. The van der Waals surface area contributed by atoms with Crippen molar-refractivity contribution in [1.29, 1.82) is 0 Å². The number of benzene rings is 3. The molecule has 0 fully saturated rings. The van der Waals surface area contributed by atoms with E-state index in [-0.39, 0.29) is 5.82 Å². The Morgan fingerprint density at radius 3 is 2.10 bits per heavy atom. The first-order valence-corrected chi connectivity index (χ1v) is 8.78. The number of nitrogens with one attached hydrogen (secondary N) is 1. The van der Waals surface area contributed by atoms with Gasteiger partial charge in [-0.1, -0.05) is 18.2 Å². The number of alkyl halides is 3. The highest BCUT2D eigenvalue weighted by Gasteiger charge is 2.30. The summed E-state index contributed by atoms with van der Waals surface area (Å²) in [7, 11) is 0. The maximum absolute atomic E-state index is 13.3. The highest BCUT2D eigenvalue weighted by molar-refractivity contribution is 6.19. The van der Waals surface area contributed by atoms with Gasteiger partial charge in [-0.15, -0.1) is 0 Å². The SMILES string of the molecule is Cc1ccc2c(c1)NC(c1ccc(C(F)(F)F)cc1)=NC(c1ccc(F)cc1)=N2. The number of halogens is 4. The summed E-state index contributed by atoms with van der Waals surface area (Å²) in [5.41, 5.74) is 2.62. The Morgan fingerprint density at radius 1 is 0.793 bits per heavy atom. The Balaban J connectivity index is 1.82. The van der Waals surface area contributed by atoms with E-state index in [0.717, 1.165) is 17.7 Å². The van der Waals surface area contributed by atoms with Crippen molar-refractivity contribution < 1.29 is 17.6 Å². The second-order valence-corrected chi connectivity index (χ2v) is 6.62. The van der Waals surface area contributed by atoms with Gasteiger partial charge in [-0.25, -0.2) is 14.4 Å². The predicted molar refractivity (Wildman–Crippen MR) is 105 cm³/mol. The lowest BCUT2D eigenvalue weighted by atomic mass is 10.1. The van der Waals surface area contributed by atoms with Crippen molar-refractivity contribution >= 4 is 23.0 Å². The van der Waals surface area contributed by atoms with Crippen LogP contribution in [0.2, 0.25) is 0 Å². The van der Waals surface area contributed by atoms with Crippen molar-refractivity contribution in [3.8, 4) is 0 Å². The lowest BCUT2D eigenvalue weighted by Crippen LogP contribution is -2.15. The molecule has 0 amide bonds. The second-order valence-electron chi connectivity index (χ2n) is 6.62. The van der Waals surface area contributed by atoms with Crippen molar-refractivity contribution in [2.24, 2.45) is 9.98 Å². The number of nitrogens with zero attached hydrogens (tertiary/aromatic N) is 2. The van der Waals surface area contributed by atoms with Crippen LogP contribution >= 0.6 is 0 Å². The van der Waals surface area contributed by atoms with Gasteiger partial charge in [-0.3, -0.25) is 0 Å². The first kappa shape index (κ1) is 18.9. The van der Waals surface area contributed by atoms with Gasteiger partial charge in [0.15, 0.2) is 5.84 Å². The summed E-state index contributed by atoms with van der Waals surface area (Å²) in [6, 6.07) is 16.1. The monoisotopic (exact) mass is 397 g/mol. The standard InChI is InChI=1S/C22H15F4N3/c1-13-2-11-18-19(12-13)28-21(14-3-7-16(8-4-14)22(24,25)26)29-20(27-18)15-5-9-17(23)10-6-15/h2-12H,1H3,(H,27,28,29). The minimum absolute atomic E-state index is 0.329. The normalized spacial score (nSPS) is 13.7. The minimum Gasteiger partial charge on any atom is -0.338 e. The van der Waals surface area contributed by atoms with Gasteiger partial charge in [0.25, 0.3) is 0 Å². The molecule has 1 N–H and O–H groups in total. The number of rotatable bonds is 2. The fourth-order valence-electron chi connectivity index (χ4n) is 2.93. The molecule has 0 radical (unpaired) electrons. The molecule has 0 atom stereocenters. The summed E-state index contributed by atoms with van der Waals surface area (Å²) in [6.07, 6.45) is -4.42. The van der Waals surface area contributed by atoms with E-state index < -0.39 is 11.7 Å². The van der Waals surface area contributed by atoms with Crippen molar-refractivity contribution in [1.82, 2.24) is 0 Å². The molecule has 0 saturated heterocycles. The molecule has 29 heavy (non-hydrogen) atoms. The van der Waals surface area contributed by atoms with E-state index in [1.165, 1.54) is 24.3 Å². The van der Waals surface area contributed by atoms with E-state index in [0.29, 0.717) is 34.2 Å². The molecule has 0 aromatic heterocycles. The number of aryl methyl sites for hydroxylation is 1. The van der Waals surface area contributed by atoms with Crippen molar-refractivity contribution in [2.45, 2.75) is 13.1 Å². The van der Waals surface area contributed by atoms with E-state index in [4.69, 9.17) is 0 Å². The van der Waals surface area contributed by atoms with Gasteiger partial charge in [0.05, 0.1) is 16.9 Å². The Hall–Kier alpha value is -3.48. The minimum atomic E-state index is -4.42. The topological polar surface area (TPSA) is 36.8 Å². The van der Waals surface area contributed by atoms with E-state index in [1.807, 2.05) is 25.1 Å². The molecule has 0 aliphatic carbocycles. The molecule has 0 unspecified atom stereocenters. The van der Waals surface area contributed by atoms with Crippen LogP contribution in [-0.4, -0.2) is 11.7 Å². The molecule has 1 heterocycles. The third kappa shape index (κ3) is 4.03. The molecule has 0 spiro atoms. The fraction of sp³-hybridized carbons (Fsp3) is 0.0909. The molecular formula is C22H15F4N3. The largest absolute Gasteiger partial charge is 0.416 e. The van der Waals surface area contributed by atoms with Crippen LogP contribution in [0.25, 0.3) is 0 Å². The molecule has 3 aromatic rings. The number of aliphatic imine (C=N–C) groups is 2. The third-order valence-corrected chi connectivity index (χ3v) is 4.44. The quantitative estimate of drug-likeness (QED) is 0.521. The lowest BCUT2D eigenvalue weighted by Gasteiger charge is -2.12. The highest BCUT2D eigenvalue weighted by Crippen LogP contribution is 2.32. The van der Waals surface area contributed by atoms with Crippen LogP contribution in [0, 0.1) is 12.7 Å². The van der Waals surface area contributed by atoms with E-state index >= 15 is 0 Å². The van der Waals surface area contributed by atoms with Crippen molar-refractivity contribution in [2.75, 3.05) is 5.32 Å². The average molecular weight is 397 g/mol. The average Bonchev–Trinajstić information content (AvgIpc) is 2.87. The van der Waals surface area contributed by atoms with E-state index in [1.54, 1.807) is 12.1 Å². The van der Waals surface area contributed by atoms with Gasteiger partial charge < -0.3 is 5.32 Å². The van der Waals surface area contributed by atoms with Crippen LogP contribution < -0.4 is 5.32 Å². The Morgan fingerprint density at radius 2 is 1.45 bits per heavy atom. The van der Waals surface area contributed by atoms with Gasteiger partial charge in [-0.2, -0.15) is 13.2 Å². The molecule has 1 aliphatic heterocycles. The number of anilines is 1. The van der Waals surface area contributed by atoms with E-state index in [2.05, 4.69) is 15.3 Å². The van der Waals surface area contributed by atoms with Crippen LogP contribution in [0.1, 0.15) is 22.3 Å². The van der Waals surface area contributed by atoms with Crippen LogP contribution in [-0.2, 0) is 6.18 Å². The number of hydrogen-bond acceptors (Lipinski definition) is 3. The van der Waals surface area contributed by atoms with Gasteiger partial charge in [0.1, 0.15) is 11.7 Å². The maximum atomic E-state index is 13.3. The molecule has 3 aromatic carbocycles. The number of hydrogen-bond donors (Lipinski definition) is 1. The Labute approximate surface area is 164 Å². The summed E-state index contributed by atoms with van der Waals surface area (Å²) >= 11 is 0. The number of amidine groups is 2. The Kier molecular flexibility index (Phi) is 4.66. The molecule has 4 rings (SSSR count). The van der Waals surface area contributed by atoms with Crippen LogP contribution in [0.15, 0.2) is 76.7 Å². The van der Waals surface area contributed by atoms with Crippen LogP contribution in [0.5, 0.6) is 0 Å². The zero-order valence-electron chi connectivity index (χ0n) is 15.3. The van der Waals surface area contributed by atoms with Gasteiger partial charge in [-0.05, 0) is 61.0 Å². The first-order chi connectivity index (χ1) is 13.8. The van der Waals surface area contributed by atoms with Crippen LogP contribution in [0.4, 0.5) is 28.9 Å². The Bertz CT molecular complexity index is 1110. The first-order valence-electron chi connectivity index (χ1n) is 8.78. The molecule has 0 bridgehead atoms. The van der Waals surface area contributed by atoms with Gasteiger partial charge >= 0.3 is 6.18 Å². The third-order valence-electron chi connectivity index (χ3n) is 4.44. The van der Waals surface area contributed by atoms with Crippen LogP contribution in [0.3, 0.4) is 0 Å². The van der Waals surface area contributed by atoms with E-state index in [9.17, 15) is 17.6 Å². The van der Waals surface area contributed by atoms with Gasteiger partial charge in [0.2, 0.25) is 0 Å². The summed E-state index contributed by atoms with van der Waals surface area (Å²) in [5.74, 6) is 0.296. The van der Waals surface area contributed by atoms with Gasteiger partial charge in [0, 0.05) is 11.1 Å². The summed E-state index contributed by atoms with van der Waals surface area (Å²) in [4.78, 5) is 9.11.